The van der Waals surface area contributed by atoms with Gasteiger partial charge in [0.25, 0.3) is 15.9 Å². The number of esters is 1. The smallest absolute Gasteiger partial charge is 0.338 e. The van der Waals surface area contributed by atoms with Gasteiger partial charge in [-0.15, -0.1) is 0 Å². The number of halogens is 2. The Labute approximate surface area is 201 Å². The van der Waals surface area contributed by atoms with Gasteiger partial charge in [-0.25, -0.2) is 13.2 Å². The lowest BCUT2D eigenvalue weighted by molar-refractivity contribution is 0.0526. The molecule has 3 rings (SSSR count). The Morgan fingerprint density at radius 1 is 0.939 bits per heavy atom. The molecule has 0 aliphatic carbocycles. The highest BCUT2D eigenvalue weighted by Gasteiger charge is 2.18. The molecule has 33 heavy (non-hydrogen) atoms. The quantitative estimate of drug-likeness (QED) is 0.410. The lowest BCUT2D eigenvalue weighted by atomic mass is 10.1. The van der Waals surface area contributed by atoms with E-state index in [0.29, 0.717) is 0 Å². The normalized spacial score (nSPS) is 11.0. The van der Waals surface area contributed by atoms with Crippen LogP contribution in [0.3, 0.4) is 0 Å². The molecule has 0 aromatic heterocycles. The molecule has 0 aliphatic rings. The van der Waals surface area contributed by atoms with E-state index >= 15 is 0 Å². The summed E-state index contributed by atoms with van der Waals surface area (Å²) >= 11 is 12.4. The van der Waals surface area contributed by atoms with Crippen LogP contribution in [-0.2, 0) is 14.8 Å². The van der Waals surface area contributed by atoms with Gasteiger partial charge in [-0.1, -0.05) is 40.9 Å². The summed E-state index contributed by atoms with van der Waals surface area (Å²) in [6.07, 6.45) is 0. The molecule has 0 atom stereocenters. The molecule has 3 aromatic carbocycles. The van der Waals surface area contributed by atoms with Crippen LogP contribution in [0.5, 0.6) is 0 Å². The molecule has 1 amide bonds. The lowest BCUT2D eigenvalue weighted by Gasteiger charge is -2.12. The summed E-state index contributed by atoms with van der Waals surface area (Å²) in [6.45, 7) is 3.77. The van der Waals surface area contributed by atoms with Crippen molar-refractivity contribution in [3.05, 3.63) is 87.4 Å². The number of benzene rings is 3. The third kappa shape index (κ3) is 6.04. The average molecular weight is 507 g/mol. The molecule has 172 valence electrons. The number of carbonyl (C=O) groups excluding carboxylic acids is 2. The average Bonchev–Trinajstić information content (AvgIpc) is 2.75. The summed E-state index contributed by atoms with van der Waals surface area (Å²) in [4.78, 5) is 24.6. The molecule has 7 nitrogen and oxygen atoms in total. The molecule has 0 aliphatic heterocycles. The monoisotopic (exact) mass is 506 g/mol. The third-order valence-electron chi connectivity index (χ3n) is 4.53. The molecule has 0 spiro atoms. The van der Waals surface area contributed by atoms with Crippen LogP contribution in [0.1, 0.15) is 33.2 Å². The zero-order valence-electron chi connectivity index (χ0n) is 17.7. The highest BCUT2D eigenvalue weighted by molar-refractivity contribution is 7.92. The zero-order chi connectivity index (χ0) is 24.2. The molecular weight excluding hydrogens is 487 g/mol. The Morgan fingerprint density at radius 2 is 1.64 bits per heavy atom. The van der Waals surface area contributed by atoms with Crippen molar-refractivity contribution in [2.24, 2.45) is 0 Å². The fourth-order valence-corrected chi connectivity index (χ4v) is 4.39. The summed E-state index contributed by atoms with van der Waals surface area (Å²) in [5, 5.41) is 2.80. The van der Waals surface area contributed by atoms with Crippen LogP contribution in [-0.4, -0.2) is 26.9 Å². The number of carbonyl (C=O) groups is 2. The minimum Gasteiger partial charge on any atom is -0.462 e. The zero-order valence-corrected chi connectivity index (χ0v) is 20.0. The van der Waals surface area contributed by atoms with Crippen LogP contribution in [0.2, 0.25) is 10.0 Å². The van der Waals surface area contributed by atoms with Crippen LogP contribution in [0, 0.1) is 6.92 Å². The van der Waals surface area contributed by atoms with Crippen molar-refractivity contribution >= 4 is 56.5 Å². The predicted molar refractivity (Wildman–Crippen MR) is 129 cm³/mol. The first kappa shape index (κ1) is 24.6. The number of ether oxygens (including phenoxy) is 1. The Kier molecular flexibility index (Phi) is 7.63. The van der Waals surface area contributed by atoms with Gasteiger partial charge in [-0.3, -0.25) is 9.52 Å². The molecular formula is C23H20Cl2N2O5S. The van der Waals surface area contributed by atoms with Crippen LogP contribution >= 0.6 is 23.2 Å². The second-order valence-electron chi connectivity index (χ2n) is 6.98. The molecule has 0 fully saturated rings. The van der Waals surface area contributed by atoms with Gasteiger partial charge in [-0.2, -0.15) is 0 Å². The predicted octanol–water partition coefficient (Wildman–Crippen LogP) is 5.53. The summed E-state index contributed by atoms with van der Waals surface area (Å²) in [6, 6.07) is 14.9. The minimum absolute atomic E-state index is 0.0378. The van der Waals surface area contributed by atoms with Crippen molar-refractivity contribution in [1.29, 1.82) is 0 Å². The van der Waals surface area contributed by atoms with Gasteiger partial charge >= 0.3 is 5.97 Å². The molecule has 10 heteroatoms. The first-order chi connectivity index (χ1) is 15.6. The SMILES string of the molecule is CCOC(=O)c1ccc(NC(=O)c2ccc(NS(=O)(=O)c3ccc(C)cc3)cc2Cl)c(Cl)c1. The van der Waals surface area contributed by atoms with Crippen molar-refractivity contribution in [2.45, 2.75) is 18.7 Å². The molecule has 0 saturated carbocycles. The number of hydrogen-bond donors (Lipinski definition) is 2. The molecule has 3 aromatic rings. The van der Waals surface area contributed by atoms with Crippen molar-refractivity contribution < 1.29 is 22.7 Å². The summed E-state index contributed by atoms with van der Waals surface area (Å²) in [5.41, 5.74) is 1.77. The maximum absolute atomic E-state index is 12.7. The van der Waals surface area contributed by atoms with Crippen molar-refractivity contribution in [2.75, 3.05) is 16.6 Å². The van der Waals surface area contributed by atoms with Crippen LogP contribution in [0.15, 0.2) is 65.6 Å². The molecule has 0 bridgehead atoms. The van der Waals surface area contributed by atoms with Gasteiger partial charge in [0, 0.05) is 0 Å². The van der Waals surface area contributed by atoms with Crippen molar-refractivity contribution in [1.82, 2.24) is 0 Å². The standard InChI is InChI=1S/C23H20Cl2N2O5S/c1-3-32-23(29)15-6-11-21(20(25)12-15)26-22(28)18-10-7-16(13-19(18)24)27-33(30,31)17-8-4-14(2)5-9-17/h4-13,27H,3H2,1-2H3,(H,26,28). The largest absolute Gasteiger partial charge is 0.462 e. The number of sulfonamides is 1. The molecule has 0 radical (unpaired) electrons. The number of anilines is 2. The van der Waals surface area contributed by atoms with Crippen LogP contribution < -0.4 is 10.0 Å². The van der Waals surface area contributed by atoms with Crippen LogP contribution in [0.25, 0.3) is 0 Å². The number of aryl methyl sites for hydroxylation is 1. The first-order valence-electron chi connectivity index (χ1n) is 9.78. The second-order valence-corrected chi connectivity index (χ2v) is 9.48. The van der Waals surface area contributed by atoms with Gasteiger partial charge < -0.3 is 10.1 Å². The molecule has 0 unspecified atom stereocenters. The van der Waals surface area contributed by atoms with E-state index in [1.54, 1.807) is 19.1 Å². The van der Waals surface area contributed by atoms with Gasteiger partial charge in [-0.05, 0) is 62.4 Å². The van der Waals surface area contributed by atoms with Gasteiger partial charge in [0.1, 0.15) is 0 Å². The van der Waals surface area contributed by atoms with E-state index in [1.807, 2.05) is 6.92 Å². The fraction of sp³-hybridized carbons (Fsp3) is 0.130. The second kappa shape index (κ2) is 10.2. The van der Waals surface area contributed by atoms with Gasteiger partial charge in [0.2, 0.25) is 0 Å². The third-order valence-corrected chi connectivity index (χ3v) is 6.55. The number of amides is 1. The van der Waals surface area contributed by atoms with Crippen molar-refractivity contribution in [3.63, 3.8) is 0 Å². The van der Waals surface area contributed by atoms with E-state index in [9.17, 15) is 18.0 Å². The highest BCUT2D eigenvalue weighted by atomic mass is 35.5. The summed E-state index contributed by atoms with van der Waals surface area (Å²) in [5.74, 6) is -1.08. The first-order valence-corrected chi connectivity index (χ1v) is 12.0. The maximum Gasteiger partial charge on any atom is 0.338 e. The molecule has 0 saturated heterocycles. The van der Waals surface area contributed by atoms with E-state index in [4.69, 9.17) is 27.9 Å². The Bertz CT molecular complexity index is 1310. The van der Waals surface area contributed by atoms with E-state index in [-0.39, 0.29) is 44.0 Å². The van der Waals surface area contributed by atoms with E-state index in [2.05, 4.69) is 10.0 Å². The molecule has 2 N–H and O–H groups in total. The Balaban J connectivity index is 1.75. The van der Waals surface area contributed by atoms with E-state index in [1.165, 1.54) is 48.5 Å². The maximum atomic E-state index is 12.7. The van der Waals surface area contributed by atoms with Gasteiger partial charge in [0.05, 0.1) is 44.0 Å². The van der Waals surface area contributed by atoms with E-state index < -0.39 is 21.9 Å². The fourth-order valence-electron chi connectivity index (χ4n) is 2.84. The van der Waals surface area contributed by atoms with Crippen LogP contribution in [0.4, 0.5) is 11.4 Å². The van der Waals surface area contributed by atoms with Gasteiger partial charge in [0.15, 0.2) is 0 Å². The number of nitrogens with one attached hydrogen (secondary N) is 2. The minimum atomic E-state index is -3.81. The Hall–Kier alpha value is -3.07. The molecule has 0 heterocycles. The number of rotatable bonds is 7. The van der Waals surface area contributed by atoms with Crippen molar-refractivity contribution in [3.8, 4) is 0 Å². The lowest BCUT2D eigenvalue weighted by Crippen LogP contribution is -2.15. The Morgan fingerprint density at radius 3 is 2.24 bits per heavy atom. The topological polar surface area (TPSA) is 102 Å². The highest BCUT2D eigenvalue weighted by Crippen LogP contribution is 2.27. The summed E-state index contributed by atoms with van der Waals surface area (Å²) in [7, 11) is -3.81. The number of hydrogen-bond acceptors (Lipinski definition) is 5. The summed E-state index contributed by atoms with van der Waals surface area (Å²) < 4.78 is 32.5. The van der Waals surface area contributed by atoms with E-state index in [0.717, 1.165) is 5.56 Å².